The number of fused-ring (bicyclic) bond motifs is 1. The molecule has 26 heavy (non-hydrogen) atoms. The average molecular weight is 357 g/mol. The summed E-state index contributed by atoms with van der Waals surface area (Å²) in [6.45, 7) is 2.94. The quantitative estimate of drug-likeness (QED) is 0.758. The van der Waals surface area contributed by atoms with Gasteiger partial charge in [0.25, 0.3) is 5.91 Å². The van der Waals surface area contributed by atoms with Crippen LogP contribution in [0.4, 0.5) is 0 Å². The second-order valence-electron chi connectivity index (χ2n) is 7.64. The smallest absolute Gasteiger partial charge is 0.255 e. The number of aromatic nitrogens is 3. The van der Waals surface area contributed by atoms with Crippen LogP contribution >= 0.6 is 0 Å². The third-order valence-corrected chi connectivity index (χ3v) is 5.15. The number of nitrogens with zero attached hydrogens (tertiary/aromatic N) is 5. The number of imidazole rings is 1. The van der Waals surface area contributed by atoms with E-state index in [1.54, 1.807) is 6.20 Å². The summed E-state index contributed by atoms with van der Waals surface area (Å²) in [5.74, 6) is 0.0118. The molecule has 0 aromatic carbocycles. The Morgan fingerprint density at radius 3 is 2.81 bits per heavy atom. The van der Waals surface area contributed by atoms with Crippen molar-refractivity contribution in [3.05, 3.63) is 24.2 Å². The fourth-order valence-corrected chi connectivity index (χ4v) is 3.47. The van der Waals surface area contributed by atoms with E-state index in [-0.39, 0.29) is 12.0 Å². The van der Waals surface area contributed by atoms with E-state index in [2.05, 4.69) is 19.4 Å². The molecular weight excluding hydrogens is 330 g/mol. The molecule has 0 spiro atoms. The highest BCUT2D eigenvalue weighted by Crippen LogP contribution is 2.36. The van der Waals surface area contributed by atoms with Crippen molar-refractivity contribution in [2.24, 2.45) is 0 Å². The first-order valence-corrected chi connectivity index (χ1v) is 9.50. The first kappa shape index (κ1) is 17.4. The zero-order valence-corrected chi connectivity index (χ0v) is 15.6. The van der Waals surface area contributed by atoms with Gasteiger partial charge in [-0.15, -0.1) is 0 Å². The van der Waals surface area contributed by atoms with Gasteiger partial charge in [0, 0.05) is 38.5 Å². The van der Waals surface area contributed by atoms with E-state index in [4.69, 9.17) is 4.74 Å². The summed E-state index contributed by atoms with van der Waals surface area (Å²) in [5.41, 5.74) is 2.28. The Morgan fingerprint density at radius 2 is 2.12 bits per heavy atom. The number of carbonyl (C=O) groups is 1. The molecule has 2 fully saturated rings. The molecule has 2 aliphatic rings. The van der Waals surface area contributed by atoms with E-state index < -0.39 is 0 Å². The van der Waals surface area contributed by atoms with Crippen molar-refractivity contribution in [3.8, 4) is 0 Å². The summed E-state index contributed by atoms with van der Waals surface area (Å²) >= 11 is 0. The van der Waals surface area contributed by atoms with Gasteiger partial charge in [-0.05, 0) is 45.8 Å². The standard InChI is InChI=1S/C19H27N5O2/c1-22(2)7-8-23(12-16-4-3-9-26-16)19(25)14-10-17-18(20-11-14)24(13-21-17)15-5-6-15/h10-11,13,15-16H,3-9,12H2,1-2H3. The van der Waals surface area contributed by atoms with Crippen molar-refractivity contribution in [1.82, 2.24) is 24.3 Å². The van der Waals surface area contributed by atoms with Crippen LogP contribution in [0.5, 0.6) is 0 Å². The Kier molecular flexibility index (Phi) is 4.91. The minimum Gasteiger partial charge on any atom is -0.376 e. The molecule has 1 aliphatic carbocycles. The predicted molar refractivity (Wildman–Crippen MR) is 99.2 cm³/mol. The van der Waals surface area contributed by atoms with Crippen LogP contribution in [0.25, 0.3) is 11.2 Å². The monoisotopic (exact) mass is 357 g/mol. The number of hydrogen-bond donors (Lipinski definition) is 0. The van der Waals surface area contributed by atoms with Crippen molar-refractivity contribution in [2.75, 3.05) is 40.3 Å². The molecule has 1 atom stereocenters. The van der Waals surface area contributed by atoms with Crippen LogP contribution in [-0.2, 0) is 4.74 Å². The number of amides is 1. The van der Waals surface area contributed by atoms with E-state index in [1.165, 1.54) is 12.8 Å². The molecule has 3 heterocycles. The summed E-state index contributed by atoms with van der Waals surface area (Å²) in [6, 6.07) is 2.41. The fourth-order valence-electron chi connectivity index (χ4n) is 3.47. The minimum absolute atomic E-state index is 0.0118. The molecule has 0 bridgehead atoms. The predicted octanol–water partition coefficient (Wildman–Crippen LogP) is 1.95. The lowest BCUT2D eigenvalue weighted by Crippen LogP contribution is -2.41. The van der Waals surface area contributed by atoms with E-state index in [9.17, 15) is 4.79 Å². The van der Waals surface area contributed by atoms with Gasteiger partial charge in [-0.1, -0.05) is 0 Å². The lowest BCUT2D eigenvalue weighted by Gasteiger charge is -2.26. The highest BCUT2D eigenvalue weighted by atomic mass is 16.5. The minimum atomic E-state index is 0.0118. The van der Waals surface area contributed by atoms with Gasteiger partial charge in [-0.3, -0.25) is 4.79 Å². The van der Waals surface area contributed by atoms with Gasteiger partial charge in [0.15, 0.2) is 5.65 Å². The van der Waals surface area contributed by atoms with Gasteiger partial charge < -0.3 is 19.1 Å². The normalized spacial score (nSPS) is 20.2. The molecule has 1 saturated heterocycles. The Hall–Kier alpha value is -1.99. The van der Waals surface area contributed by atoms with Crippen LogP contribution in [0.3, 0.4) is 0 Å². The molecule has 0 radical (unpaired) electrons. The number of ether oxygens (including phenoxy) is 1. The topological polar surface area (TPSA) is 63.5 Å². The fraction of sp³-hybridized carbons (Fsp3) is 0.632. The lowest BCUT2D eigenvalue weighted by molar-refractivity contribution is 0.0512. The van der Waals surface area contributed by atoms with Crippen molar-refractivity contribution < 1.29 is 9.53 Å². The number of pyridine rings is 1. The third kappa shape index (κ3) is 3.73. The Balaban J connectivity index is 1.53. The average Bonchev–Trinajstić information content (AvgIpc) is 3.18. The van der Waals surface area contributed by atoms with Gasteiger partial charge >= 0.3 is 0 Å². The SMILES string of the molecule is CN(C)CCN(CC1CCCO1)C(=O)c1cnc2c(c1)ncn2C1CC1. The lowest BCUT2D eigenvalue weighted by atomic mass is 10.2. The zero-order valence-electron chi connectivity index (χ0n) is 15.6. The van der Waals surface area contributed by atoms with E-state index in [0.717, 1.165) is 37.2 Å². The van der Waals surface area contributed by atoms with Crippen molar-refractivity contribution in [2.45, 2.75) is 37.8 Å². The molecule has 140 valence electrons. The zero-order chi connectivity index (χ0) is 18.1. The van der Waals surface area contributed by atoms with Crippen molar-refractivity contribution in [3.63, 3.8) is 0 Å². The van der Waals surface area contributed by atoms with E-state index in [0.29, 0.717) is 24.7 Å². The number of rotatable bonds is 7. The summed E-state index contributed by atoms with van der Waals surface area (Å²) in [6.07, 6.45) is 8.16. The molecule has 2 aromatic heterocycles. The number of hydrogen-bond acceptors (Lipinski definition) is 5. The van der Waals surface area contributed by atoms with Crippen LogP contribution in [0.2, 0.25) is 0 Å². The number of carbonyl (C=O) groups excluding carboxylic acids is 1. The van der Waals surface area contributed by atoms with Gasteiger partial charge in [-0.2, -0.15) is 0 Å². The van der Waals surface area contributed by atoms with Crippen molar-refractivity contribution >= 4 is 17.1 Å². The highest BCUT2D eigenvalue weighted by Gasteiger charge is 2.27. The third-order valence-electron chi connectivity index (χ3n) is 5.15. The second-order valence-corrected chi connectivity index (χ2v) is 7.64. The molecular formula is C19H27N5O2. The van der Waals surface area contributed by atoms with Gasteiger partial charge in [0.1, 0.15) is 5.52 Å². The molecule has 4 rings (SSSR count). The van der Waals surface area contributed by atoms with E-state index in [1.807, 2.05) is 31.4 Å². The summed E-state index contributed by atoms with van der Waals surface area (Å²) in [7, 11) is 4.04. The Morgan fingerprint density at radius 1 is 1.27 bits per heavy atom. The molecule has 1 saturated carbocycles. The highest BCUT2D eigenvalue weighted by molar-refractivity contribution is 5.96. The van der Waals surface area contributed by atoms with Gasteiger partial charge in [-0.25, -0.2) is 9.97 Å². The van der Waals surface area contributed by atoms with Gasteiger partial charge in [0.05, 0.1) is 18.0 Å². The Bertz CT molecular complexity index is 777. The molecule has 1 unspecified atom stereocenters. The molecule has 7 heteroatoms. The van der Waals surface area contributed by atoms with Crippen LogP contribution in [0.15, 0.2) is 18.6 Å². The van der Waals surface area contributed by atoms with Crippen LogP contribution < -0.4 is 0 Å². The first-order valence-electron chi connectivity index (χ1n) is 9.50. The maximum Gasteiger partial charge on any atom is 0.255 e. The molecule has 2 aromatic rings. The molecule has 0 N–H and O–H groups in total. The van der Waals surface area contributed by atoms with Crippen LogP contribution in [-0.4, -0.2) is 76.7 Å². The maximum atomic E-state index is 13.1. The second kappa shape index (κ2) is 7.32. The summed E-state index contributed by atoms with van der Waals surface area (Å²) in [4.78, 5) is 26.1. The van der Waals surface area contributed by atoms with Crippen molar-refractivity contribution in [1.29, 1.82) is 0 Å². The van der Waals surface area contributed by atoms with Gasteiger partial charge in [0.2, 0.25) is 0 Å². The summed E-state index contributed by atoms with van der Waals surface area (Å²) in [5, 5.41) is 0. The molecule has 7 nitrogen and oxygen atoms in total. The molecule has 1 amide bonds. The maximum absolute atomic E-state index is 13.1. The first-order chi connectivity index (χ1) is 12.6. The largest absolute Gasteiger partial charge is 0.376 e. The number of likely N-dealkylation sites (N-methyl/N-ethyl adjacent to an activating group) is 1. The Labute approximate surface area is 153 Å². The van der Waals surface area contributed by atoms with E-state index >= 15 is 0 Å². The molecule has 1 aliphatic heterocycles. The van der Waals surface area contributed by atoms with Crippen LogP contribution in [0, 0.1) is 0 Å². The summed E-state index contributed by atoms with van der Waals surface area (Å²) < 4.78 is 7.87. The van der Waals surface area contributed by atoms with Crippen LogP contribution in [0.1, 0.15) is 42.1 Å².